The molecule has 2 heterocycles. The fourth-order valence-electron chi connectivity index (χ4n) is 2.59. The molecule has 4 rings (SSSR count). The average Bonchev–Trinajstić information content (AvgIpc) is 3.39. The van der Waals surface area contributed by atoms with Crippen LogP contribution in [-0.2, 0) is 4.79 Å². The van der Waals surface area contributed by atoms with E-state index >= 15 is 0 Å². The van der Waals surface area contributed by atoms with Crippen molar-refractivity contribution in [3.8, 4) is 11.3 Å². The van der Waals surface area contributed by atoms with E-state index in [0.717, 1.165) is 14.6 Å². The second-order valence-electron chi connectivity index (χ2n) is 6.04. The van der Waals surface area contributed by atoms with Crippen molar-refractivity contribution in [2.75, 3.05) is 5.75 Å². The van der Waals surface area contributed by atoms with E-state index in [0.29, 0.717) is 17.1 Å². The third kappa shape index (κ3) is 4.73. The number of rotatable bonds is 7. The Hall–Kier alpha value is -3.50. The summed E-state index contributed by atoms with van der Waals surface area (Å²) in [5, 5.41) is 14.8. The van der Waals surface area contributed by atoms with Gasteiger partial charge in [0.1, 0.15) is 11.5 Å². The summed E-state index contributed by atoms with van der Waals surface area (Å²) in [6, 6.07) is 17.3. The van der Waals surface area contributed by atoms with Gasteiger partial charge in [-0.2, -0.15) is 5.10 Å². The Morgan fingerprint density at radius 2 is 2.10 bits per heavy atom. The standard InChI is InChI=1S/C20H14N4O4S2/c25-19(12-29-20-22-16-6-1-2-7-18(16)30-20)23-21-11-15-8-9-17(28-15)13-4-3-5-14(10-13)24(26)27/h1-11H,12H2,(H,23,25)/b21-11+. The molecule has 1 N–H and O–H groups in total. The van der Waals surface area contributed by atoms with E-state index in [-0.39, 0.29) is 17.3 Å². The van der Waals surface area contributed by atoms with Gasteiger partial charge < -0.3 is 4.42 Å². The monoisotopic (exact) mass is 438 g/mol. The van der Waals surface area contributed by atoms with Gasteiger partial charge in [-0.05, 0) is 24.3 Å². The number of nitrogens with one attached hydrogen (secondary N) is 1. The lowest BCUT2D eigenvalue weighted by atomic mass is 10.1. The van der Waals surface area contributed by atoms with Gasteiger partial charge in [-0.1, -0.05) is 36.0 Å². The van der Waals surface area contributed by atoms with E-state index in [1.54, 1.807) is 24.3 Å². The molecule has 0 aliphatic carbocycles. The molecule has 8 nitrogen and oxygen atoms in total. The predicted octanol–water partition coefficient (Wildman–Crippen LogP) is 4.71. The summed E-state index contributed by atoms with van der Waals surface area (Å²) in [6.45, 7) is 0. The molecule has 10 heteroatoms. The van der Waals surface area contributed by atoms with Crippen LogP contribution in [0.1, 0.15) is 5.76 Å². The largest absolute Gasteiger partial charge is 0.455 e. The Kier molecular flexibility index (Phi) is 5.87. The minimum Gasteiger partial charge on any atom is -0.455 e. The van der Waals surface area contributed by atoms with Crippen molar-refractivity contribution < 1.29 is 14.1 Å². The summed E-state index contributed by atoms with van der Waals surface area (Å²) < 4.78 is 7.51. The molecular weight excluding hydrogens is 424 g/mol. The number of para-hydroxylation sites is 1. The number of carbonyl (C=O) groups excluding carboxylic acids is 1. The van der Waals surface area contributed by atoms with Crippen LogP contribution in [0.15, 0.2) is 74.5 Å². The predicted molar refractivity (Wildman–Crippen MR) is 117 cm³/mol. The van der Waals surface area contributed by atoms with Crippen LogP contribution in [-0.4, -0.2) is 27.8 Å². The van der Waals surface area contributed by atoms with Crippen molar-refractivity contribution in [1.29, 1.82) is 0 Å². The van der Waals surface area contributed by atoms with Gasteiger partial charge in [-0.3, -0.25) is 14.9 Å². The van der Waals surface area contributed by atoms with Crippen LogP contribution in [0.25, 0.3) is 21.5 Å². The van der Waals surface area contributed by atoms with Crippen LogP contribution in [0.3, 0.4) is 0 Å². The lowest BCUT2D eigenvalue weighted by Crippen LogP contribution is -2.19. The van der Waals surface area contributed by atoms with Crippen LogP contribution in [0, 0.1) is 10.1 Å². The maximum absolute atomic E-state index is 12.0. The average molecular weight is 438 g/mol. The number of nitrogens with zero attached hydrogens (tertiary/aromatic N) is 3. The van der Waals surface area contributed by atoms with Crippen molar-refractivity contribution in [3.05, 3.63) is 76.5 Å². The molecule has 0 unspecified atom stereocenters. The summed E-state index contributed by atoms with van der Waals surface area (Å²) in [5.41, 5.74) is 3.93. The van der Waals surface area contributed by atoms with Crippen molar-refractivity contribution in [2.24, 2.45) is 5.10 Å². The number of furan rings is 1. The molecule has 0 bridgehead atoms. The maximum atomic E-state index is 12.0. The highest BCUT2D eigenvalue weighted by Crippen LogP contribution is 2.29. The fourth-order valence-corrected chi connectivity index (χ4v) is 4.45. The van der Waals surface area contributed by atoms with E-state index in [1.807, 2.05) is 24.3 Å². The second-order valence-corrected chi connectivity index (χ2v) is 8.29. The molecule has 0 aliphatic heterocycles. The first-order valence-corrected chi connectivity index (χ1v) is 10.5. The van der Waals surface area contributed by atoms with Crippen molar-refractivity contribution in [2.45, 2.75) is 4.34 Å². The number of benzene rings is 2. The van der Waals surface area contributed by atoms with Crippen molar-refractivity contribution in [1.82, 2.24) is 10.4 Å². The Morgan fingerprint density at radius 1 is 1.23 bits per heavy atom. The molecule has 0 atom stereocenters. The molecule has 0 fully saturated rings. The second kappa shape index (κ2) is 8.89. The molecule has 30 heavy (non-hydrogen) atoms. The molecule has 4 aromatic rings. The molecule has 2 aromatic heterocycles. The zero-order chi connectivity index (χ0) is 20.9. The zero-order valence-corrected chi connectivity index (χ0v) is 17.0. The minimum atomic E-state index is -0.462. The van der Waals surface area contributed by atoms with E-state index in [9.17, 15) is 14.9 Å². The molecule has 2 aromatic carbocycles. The van der Waals surface area contributed by atoms with E-state index in [1.165, 1.54) is 41.4 Å². The molecule has 150 valence electrons. The van der Waals surface area contributed by atoms with E-state index in [2.05, 4.69) is 15.5 Å². The highest BCUT2D eigenvalue weighted by molar-refractivity contribution is 8.01. The van der Waals surface area contributed by atoms with Crippen LogP contribution < -0.4 is 5.43 Å². The summed E-state index contributed by atoms with van der Waals surface area (Å²) in [5.74, 6) is 0.809. The van der Waals surface area contributed by atoms with Gasteiger partial charge in [-0.25, -0.2) is 10.4 Å². The summed E-state index contributed by atoms with van der Waals surface area (Å²) in [7, 11) is 0. The van der Waals surface area contributed by atoms with Gasteiger partial charge in [0.05, 0.1) is 27.1 Å². The number of hydrazone groups is 1. The Labute approximate surface area is 178 Å². The lowest BCUT2D eigenvalue weighted by molar-refractivity contribution is -0.384. The third-order valence-corrected chi connectivity index (χ3v) is 6.13. The first kappa shape index (κ1) is 19.8. The molecule has 0 saturated carbocycles. The number of nitro benzene ring substituents is 1. The number of thiazole rings is 1. The smallest absolute Gasteiger partial charge is 0.270 e. The highest BCUT2D eigenvalue weighted by atomic mass is 32.2. The summed E-state index contributed by atoms with van der Waals surface area (Å²) in [6.07, 6.45) is 1.38. The number of thioether (sulfide) groups is 1. The van der Waals surface area contributed by atoms with Crippen LogP contribution in [0.5, 0.6) is 0 Å². The number of nitro groups is 1. The lowest BCUT2D eigenvalue weighted by Gasteiger charge is -1.97. The van der Waals surface area contributed by atoms with Crippen molar-refractivity contribution >= 4 is 51.1 Å². The number of fused-ring (bicyclic) bond motifs is 1. The normalized spacial score (nSPS) is 11.2. The number of aromatic nitrogens is 1. The summed E-state index contributed by atoms with van der Waals surface area (Å²) >= 11 is 2.89. The number of non-ortho nitro benzene ring substituents is 1. The Morgan fingerprint density at radius 3 is 2.93 bits per heavy atom. The first-order chi connectivity index (χ1) is 14.6. The van der Waals surface area contributed by atoms with E-state index < -0.39 is 4.92 Å². The highest BCUT2D eigenvalue weighted by Gasteiger charge is 2.10. The number of hydrogen-bond acceptors (Lipinski definition) is 8. The minimum absolute atomic E-state index is 0.0167. The number of hydrogen-bond donors (Lipinski definition) is 1. The molecule has 0 spiro atoms. The molecule has 0 saturated heterocycles. The van der Waals surface area contributed by atoms with Gasteiger partial charge >= 0.3 is 0 Å². The van der Waals surface area contributed by atoms with Gasteiger partial charge in [0.15, 0.2) is 4.34 Å². The number of amides is 1. The van der Waals surface area contributed by atoms with Gasteiger partial charge in [0.2, 0.25) is 0 Å². The third-order valence-electron chi connectivity index (χ3n) is 3.95. The maximum Gasteiger partial charge on any atom is 0.270 e. The van der Waals surface area contributed by atoms with Gasteiger partial charge in [-0.15, -0.1) is 11.3 Å². The topological polar surface area (TPSA) is 111 Å². The van der Waals surface area contributed by atoms with Crippen molar-refractivity contribution in [3.63, 3.8) is 0 Å². The van der Waals surface area contributed by atoms with E-state index in [4.69, 9.17) is 4.42 Å². The molecule has 0 aliphatic rings. The zero-order valence-electron chi connectivity index (χ0n) is 15.3. The van der Waals surface area contributed by atoms with Crippen LogP contribution in [0.2, 0.25) is 0 Å². The SMILES string of the molecule is O=C(CSc1nc2ccccc2s1)N/N=C/c1ccc(-c2cccc([N+](=O)[O-])c2)o1. The van der Waals surface area contributed by atoms with Gasteiger partial charge in [0, 0.05) is 17.7 Å². The summed E-state index contributed by atoms with van der Waals surface area (Å²) in [4.78, 5) is 26.9. The Balaban J connectivity index is 1.31. The Bertz CT molecular complexity index is 1220. The molecular formula is C20H14N4O4S2. The fraction of sp³-hybridized carbons (Fsp3) is 0.0500. The molecule has 1 amide bonds. The quantitative estimate of drug-likeness (QED) is 0.194. The van der Waals surface area contributed by atoms with Crippen LogP contribution in [0.4, 0.5) is 5.69 Å². The van der Waals surface area contributed by atoms with Gasteiger partial charge in [0.25, 0.3) is 11.6 Å². The van der Waals surface area contributed by atoms with Crippen LogP contribution >= 0.6 is 23.1 Å². The first-order valence-electron chi connectivity index (χ1n) is 8.73. The number of carbonyl (C=O) groups is 1. The molecule has 0 radical (unpaired) electrons.